The number of rotatable bonds is 14. The molecule has 1 spiro atoms. The minimum absolute atomic E-state index is 0.0649. The number of hydrogen-bond donors (Lipinski definition) is 4. The summed E-state index contributed by atoms with van der Waals surface area (Å²) in [6.45, 7) is 13.8. The quantitative estimate of drug-likeness (QED) is 0.117. The first kappa shape index (κ1) is 50.7. The number of nitrogens with two attached hydrogens (primary N) is 1. The molecule has 2 aromatic carbocycles. The smallest absolute Gasteiger partial charge is 0.243 e. The maximum atomic E-state index is 14.3. The molecule has 10 rings (SSSR count). The molecule has 18 nitrogen and oxygen atoms in total. The summed E-state index contributed by atoms with van der Waals surface area (Å²) in [4.78, 5) is 39.3. The summed E-state index contributed by atoms with van der Waals surface area (Å²) in [6, 6.07) is 19.5. The second-order valence-corrected chi connectivity index (χ2v) is 21.9. The Kier molecular flexibility index (Phi) is 15.2. The number of aromatic hydroxyl groups is 1. The minimum Gasteiger partial charge on any atom is -0.507 e. The average molecular weight is 1000 g/mol. The number of anilines is 3. The van der Waals surface area contributed by atoms with E-state index >= 15 is 0 Å². The van der Waals surface area contributed by atoms with Gasteiger partial charge in [-0.05, 0) is 112 Å². The van der Waals surface area contributed by atoms with Gasteiger partial charge in [-0.2, -0.15) is 5.26 Å². The molecule has 1 saturated carbocycles. The lowest BCUT2D eigenvalue weighted by atomic mass is 9.83. The molecular formula is C55H73N11O7. The van der Waals surface area contributed by atoms with E-state index in [0.717, 1.165) is 121 Å². The van der Waals surface area contributed by atoms with Gasteiger partial charge < -0.3 is 50.0 Å². The molecule has 6 fully saturated rings. The number of carbonyl (C=O) groups is 2. The van der Waals surface area contributed by atoms with Crippen LogP contribution in [0.4, 0.5) is 17.3 Å². The number of benzene rings is 2. The summed E-state index contributed by atoms with van der Waals surface area (Å²) in [5, 5.41) is 46.4. The summed E-state index contributed by atoms with van der Waals surface area (Å²) in [7, 11) is 0. The number of β-amino-alcohol motifs (C(OH)–C–C–N with tert-alkyl or cyclic N) is 1. The number of carbonyl (C=O) groups excluding carboxylic acids is 2. The number of nitrogen functional groups attached to an aromatic ring is 1. The molecule has 2 aromatic heterocycles. The second-order valence-electron chi connectivity index (χ2n) is 21.9. The number of phenols is 1. The topological polar surface area (TPSA) is 223 Å². The molecule has 7 heterocycles. The summed E-state index contributed by atoms with van der Waals surface area (Å²) >= 11 is 0. The van der Waals surface area contributed by atoms with E-state index in [9.17, 15) is 25.1 Å². The highest BCUT2D eigenvalue weighted by Crippen LogP contribution is 2.40. The summed E-state index contributed by atoms with van der Waals surface area (Å²) in [5.74, 6) is 0.892. The number of nitrogens with one attached hydrogen (secondary N) is 1. The van der Waals surface area contributed by atoms with Gasteiger partial charge in [0, 0.05) is 83.0 Å². The molecular weight excluding hydrogens is 927 g/mol. The van der Waals surface area contributed by atoms with Gasteiger partial charge in [-0.15, -0.1) is 10.2 Å². The molecule has 390 valence electrons. The standard InChI is InChI=1S/C55H73N11O7/c1-35(2)51(54(70)66-33-41(67)28-46(66)53(69)58-36(3)39-13-11-37(31-56)12-14-39)48-30-49(61-73-48)63-20-15-38(16-21-63)32-64-19-7-6-10-50(64)72-42-26-40(27-42)65-24-25-71-55(34-65)17-22-62(23-18-55)45-29-44(59-60-52(45)57)43-8-4-5-9-47(43)68/h4-5,8-9,11-14,29-30,35-36,38,40-42,46,50-51,67-68H,6-7,10,15-28,32-34H2,1-3H3,(H2,57,60)(H,58,69)/t36-,40?,41+,42?,46-,50?,51+/m0/s1. The number of nitrogens with zero attached hydrogens (tertiary/aromatic N) is 9. The molecule has 2 amide bonds. The fourth-order valence-corrected chi connectivity index (χ4v) is 12.3. The molecule has 1 unspecified atom stereocenters. The zero-order valence-corrected chi connectivity index (χ0v) is 42.6. The number of likely N-dealkylation sites (tertiary alicyclic amines) is 2. The molecule has 1 aliphatic carbocycles. The predicted octanol–water partition coefficient (Wildman–Crippen LogP) is 5.82. The molecule has 0 radical (unpaired) electrons. The van der Waals surface area contributed by atoms with Crippen molar-refractivity contribution in [2.24, 2.45) is 11.8 Å². The number of piperidine rings is 3. The van der Waals surface area contributed by atoms with Crippen molar-refractivity contribution in [2.45, 2.75) is 133 Å². The van der Waals surface area contributed by atoms with Crippen LogP contribution in [0.15, 0.2) is 65.2 Å². The first-order chi connectivity index (χ1) is 35.3. The first-order valence-corrected chi connectivity index (χ1v) is 26.8. The third-order valence-corrected chi connectivity index (χ3v) is 16.7. The Morgan fingerprint density at radius 3 is 2.45 bits per heavy atom. The number of ether oxygens (including phenoxy) is 2. The molecule has 18 heteroatoms. The van der Waals surface area contributed by atoms with Crippen molar-refractivity contribution in [2.75, 3.05) is 81.0 Å². The molecule has 5 aliphatic heterocycles. The fraction of sp³-hybridized carbons (Fsp3) is 0.600. The van der Waals surface area contributed by atoms with E-state index in [1.165, 1.54) is 17.7 Å². The molecule has 4 aromatic rings. The van der Waals surface area contributed by atoms with Crippen molar-refractivity contribution < 1.29 is 33.8 Å². The Balaban J connectivity index is 0.679. The van der Waals surface area contributed by atoms with Crippen LogP contribution in [0.1, 0.15) is 114 Å². The Morgan fingerprint density at radius 2 is 1.71 bits per heavy atom. The zero-order valence-electron chi connectivity index (χ0n) is 42.6. The lowest BCUT2D eigenvalue weighted by molar-refractivity contribution is -0.179. The van der Waals surface area contributed by atoms with E-state index in [2.05, 4.69) is 46.3 Å². The van der Waals surface area contributed by atoms with Crippen LogP contribution < -0.4 is 20.9 Å². The van der Waals surface area contributed by atoms with Crippen LogP contribution in [0.2, 0.25) is 0 Å². The normalized spacial score (nSPS) is 25.9. The lowest BCUT2D eigenvalue weighted by Crippen LogP contribution is -2.62. The van der Waals surface area contributed by atoms with E-state index in [-0.39, 0.29) is 60.4 Å². The van der Waals surface area contributed by atoms with Crippen LogP contribution in [0.3, 0.4) is 0 Å². The minimum atomic E-state index is -0.825. The number of phenolic OH excluding ortho intramolecular Hbond substituents is 1. The van der Waals surface area contributed by atoms with Gasteiger partial charge >= 0.3 is 0 Å². The number of aliphatic hydroxyl groups is 1. The number of morpholine rings is 1. The zero-order chi connectivity index (χ0) is 50.8. The van der Waals surface area contributed by atoms with Crippen LogP contribution >= 0.6 is 0 Å². The van der Waals surface area contributed by atoms with E-state index in [1.807, 2.05) is 57.2 Å². The highest BCUT2D eigenvalue weighted by atomic mass is 16.5. The Labute approximate surface area is 428 Å². The van der Waals surface area contributed by atoms with Crippen molar-refractivity contribution in [3.05, 3.63) is 77.6 Å². The van der Waals surface area contributed by atoms with Crippen molar-refractivity contribution in [1.82, 2.24) is 35.4 Å². The van der Waals surface area contributed by atoms with Crippen LogP contribution in [0, 0.1) is 23.2 Å². The van der Waals surface area contributed by atoms with Gasteiger partial charge in [0.2, 0.25) is 11.8 Å². The molecule has 5 N–H and O–H groups in total. The van der Waals surface area contributed by atoms with Gasteiger partial charge in [-0.25, -0.2) is 0 Å². The highest BCUT2D eigenvalue weighted by molar-refractivity contribution is 5.91. The number of para-hydroxylation sites is 1. The number of hydrogen-bond acceptors (Lipinski definition) is 16. The molecule has 5 atom stereocenters. The highest BCUT2D eigenvalue weighted by Gasteiger charge is 2.46. The van der Waals surface area contributed by atoms with Gasteiger partial charge in [-0.3, -0.25) is 19.4 Å². The molecule has 6 aliphatic rings. The van der Waals surface area contributed by atoms with Gasteiger partial charge in [0.15, 0.2) is 17.4 Å². The van der Waals surface area contributed by atoms with Crippen molar-refractivity contribution in [3.63, 3.8) is 0 Å². The van der Waals surface area contributed by atoms with Crippen LogP contribution in [-0.2, 0) is 19.1 Å². The summed E-state index contributed by atoms with van der Waals surface area (Å²) < 4.78 is 19.5. The van der Waals surface area contributed by atoms with Crippen LogP contribution in [0.25, 0.3) is 11.3 Å². The summed E-state index contributed by atoms with van der Waals surface area (Å²) in [6.07, 6.45) is 9.16. The fourth-order valence-electron chi connectivity index (χ4n) is 12.3. The van der Waals surface area contributed by atoms with E-state index in [1.54, 1.807) is 24.3 Å². The molecule has 0 bridgehead atoms. The maximum absolute atomic E-state index is 14.3. The first-order valence-electron chi connectivity index (χ1n) is 26.8. The average Bonchev–Trinajstić information content (AvgIpc) is 4.03. The number of amides is 2. The third-order valence-electron chi connectivity index (χ3n) is 16.7. The van der Waals surface area contributed by atoms with Crippen molar-refractivity contribution in [3.8, 4) is 23.1 Å². The Morgan fingerprint density at radius 1 is 0.945 bits per heavy atom. The SMILES string of the molecule is CC(C)[C@@H](C(=O)N1C[C@H](O)C[C@H]1C(=O)N[C@@H](C)c1ccc(C#N)cc1)c1cc(N2CCC(CN3CCCCC3OC3CC(N4CCOC5(CCN(c6cc(-c7ccccc7O)nnc6N)CC5)C4)C3)CC2)no1. The second kappa shape index (κ2) is 21.9. The molecule has 5 saturated heterocycles. The molecule has 73 heavy (non-hydrogen) atoms. The van der Waals surface area contributed by atoms with E-state index in [4.69, 9.17) is 19.7 Å². The van der Waals surface area contributed by atoms with Crippen LogP contribution in [-0.4, -0.2) is 154 Å². The summed E-state index contributed by atoms with van der Waals surface area (Å²) in [5.41, 5.74) is 9.63. The lowest BCUT2D eigenvalue weighted by Gasteiger charge is -2.53. The van der Waals surface area contributed by atoms with Gasteiger partial charge in [0.1, 0.15) is 23.9 Å². The predicted molar refractivity (Wildman–Crippen MR) is 275 cm³/mol. The van der Waals surface area contributed by atoms with Gasteiger partial charge in [0.25, 0.3) is 0 Å². The largest absolute Gasteiger partial charge is 0.507 e. The van der Waals surface area contributed by atoms with Crippen molar-refractivity contribution in [1.29, 1.82) is 5.26 Å². The van der Waals surface area contributed by atoms with Gasteiger partial charge in [-0.1, -0.05) is 43.3 Å². The van der Waals surface area contributed by atoms with Gasteiger partial charge in [0.05, 0.1) is 53.5 Å². The monoisotopic (exact) mass is 1000 g/mol. The van der Waals surface area contributed by atoms with E-state index in [0.29, 0.717) is 40.4 Å². The van der Waals surface area contributed by atoms with Crippen molar-refractivity contribution >= 4 is 29.1 Å². The maximum Gasteiger partial charge on any atom is 0.243 e. The third kappa shape index (κ3) is 11.2. The van der Waals surface area contributed by atoms with E-state index < -0.39 is 18.1 Å². The Bertz CT molecular complexity index is 2580. The Hall–Kier alpha value is -5.84. The number of aromatic nitrogens is 3. The number of nitriles is 1. The number of aliphatic hydroxyl groups excluding tert-OH is 1. The van der Waals surface area contributed by atoms with Crippen LogP contribution in [0.5, 0.6) is 5.75 Å².